The quantitative estimate of drug-likeness (QED) is 0.599. The lowest BCUT2D eigenvalue weighted by Crippen LogP contribution is -3.16. The minimum atomic E-state index is -0.711. The highest BCUT2D eigenvalue weighted by atomic mass is 16.2. The van der Waals surface area contributed by atoms with Crippen LogP contribution in [-0.2, 0) is 9.59 Å². The van der Waals surface area contributed by atoms with E-state index in [0.29, 0.717) is 0 Å². The van der Waals surface area contributed by atoms with Gasteiger partial charge in [0.15, 0.2) is 6.67 Å². The molecule has 128 valence electrons. The van der Waals surface area contributed by atoms with Gasteiger partial charge in [-0.2, -0.15) is 0 Å². The molecule has 0 aliphatic carbocycles. The number of rotatable bonds is 4. The van der Waals surface area contributed by atoms with Gasteiger partial charge in [0.05, 0.1) is 26.2 Å². The second-order valence-corrected chi connectivity index (χ2v) is 6.52. The van der Waals surface area contributed by atoms with Gasteiger partial charge >= 0.3 is 17.8 Å². The summed E-state index contributed by atoms with van der Waals surface area (Å²) in [6.07, 6.45) is 0. The SMILES string of the molecule is CC(C)N1C(=O)C(=O)N(C[NH+]2CCN(c3ccccc3)CC2)C1=O. The molecule has 0 aromatic heterocycles. The zero-order valence-corrected chi connectivity index (χ0v) is 14.1. The normalized spacial score (nSPS) is 19.8. The Kier molecular flexibility index (Phi) is 4.53. The number of carbonyl (C=O) groups is 3. The number of imide groups is 2. The van der Waals surface area contributed by atoms with Crippen molar-refractivity contribution in [3.8, 4) is 0 Å². The van der Waals surface area contributed by atoms with Crippen LogP contribution in [0.3, 0.4) is 0 Å². The van der Waals surface area contributed by atoms with E-state index >= 15 is 0 Å². The van der Waals surface area contributed by atoms with Gasteiger partial charge in [-0.1, -0.05) is 18.2 Å². The lowest BCUT2D eigenvalue weighted by Gasteiger charge is -2.34. The van der Waals surface area contributed by atoms with Crippen LogP contribution in [0.4, 0.5) is 10.5 Å². The van der Waals surface area contributed by atoms with Gasteiger partial charge in [-0.05, 0) is 26.0 Å². The number of hydrogen-bond acceptors (Lipinski definition) is 4. The van der Waals surface area contributed by atoms with Gasteiger partial charge in [0.2, 0.25) is 0 Å². The second kappa shape index (κ2) is 6.60. The van der Waals surface area contributed by atoms with Crippen LogP contribution in [0.5, 0.6) is 0 Å². The smallest absolute Gasteiger partial charge is 0.338 e. The largest absolute Gasteiger partial charge is 0.360 e. The maximum absolute atomic E-state index is 12.3. The molecule has 4 amide bonds. The number of benzene rings is 1. The van der Waals surface area contributed by atoms with E-state index in [9.17, 15) is 14.4 Å². The Morgan fingerprint density at radius 2 is 1.62 bits per heavy atom. The number of piperazine rings is 1. The fourth-order valence-corrected chi connectivity index (χ4v) is 3.22. The third-order valence-corrected chi connectivity index (χ3v) is 4.57. The summed E-state index contributed by atoms with van der Waals surface area (Å²) in [6, 6.07) is 9.40. The molecule has 1 aromatic rings. The van der Waals surface area contributed by atoms with E-state index in [1.54, 1.807) is 13.8 Å². The summed E-state index contributed by atoms with van der Waals surface area (Å²) in [7, 11) is 0. The number of carbonyl (C=O) groups excluding carboxylic acids is 3. The molecule has 1 aromatic carbocycles. The molecular weight excluding hydrogens is 308 g/mol. The van der Waals surface area contributed by atoms with Crippen molar-refractivity contribution in [2.24, 2.45) is 0 Å². The number of nitrogens with zero attached hydrogens (tertiary/aromatic N) is 3. The lowest BCUT2D eigenvalue weighted by molar-refractivity contribution is -0.907. The van der Waals surface area contributed by atoms with Crippen LogP contribution in [0.2, 0.25) is 0 Å². The van der Waals surface area contributed by atoms with Crippen LogP contribution in [0.15, 0.2) is 30.3 Å². The van der Waals surface area contributed by atoms with E-state index in [-0.39, 0.29) is 12.7 Å². The highest BCUT2D eigenvalue weighted by Gasteiger charge is 2.47. The monoisotopic (exact) mass is 331 g/mol. The van der Waals surface area contributed by atoms with E-state index in [4.69, 9.17) is 0 Å². The van der Waals surface area contributed by atoms with E-state index in [1.807, 2.05) is 18.2 Å². The number of quaternary nitrogens is 1. The zero-order valence-electron chi connectivity index (χ0n) is 14.1. The summed E-state index contributed by atoms with van der Waals surface area (Å²) in [5, 5.41) is 0. The van der Waals surface area contributed by atoms with Crippen LogP contribution < -0.4 is 9.80 Å². The van der Waals surface area contributed by atoms with Crippen LogP contribution in [0.1, 0.15) is 13.8 Å². The summed E-state index contributed by atoms with van der Waals surface area (Å²) >= 11 is 0. The average Bonchev–Trinajstić information content (AvgIpc) is 2.80. The first-order valence-corrected chi connectivity index (χ1v) is 8.31. The second-order valence-electron chi connectivity index (χ2n) is 6.52. The first-order valence-electron chi connectivity index (χ1n) is 8.31. The van der Waals surface area contributed by atoms with Crippen molar-refractivity contribution in [3.05, 3.63) is 30.3 Å². The van der Waals surface area contributed by atoms with Crippen molar-refractivity contribution >= 4 is 23.5 Å². The highest BCUT2D eigenvalue weighted by Crippen LogP contribution is 2.15. The van der Waals surface area contributed by atoms with E-state index in [1.165, 1.54) is 5.69 Å². The van der Waals surface area contributed by atoms with Gasteiger partial charge in [0, 0.05) is 11.7 Å². The molecule has 0 radical (unpaired) electrons. The fraction of sp³-hybridized carbons (Fsp3) is 0.471. The minimum Gasteiger partial charge on any atom is -0.360 e. The number of anilines is 1. The maximum Gasteiger partial charge on any atom is 0.338 e. The first-order chi connectivity index (χ1) is 11.5. The van der Waals surface area contributed by atoms with Gasteiger partial charge in [0.1, 0.15) is 0 Å². The van der Waals surface area contributed by atoms with Gasteiger partial charge in [-0.25, -0.2) is 9.69 Å². The van der Waals surface area contributed by atoms with Gasteiger partial charge in [-0.15, -0.1) is 0 Å². The first kappa shape index (κ1) is 16.4. The van der Waals surface area contributed by atoms with Crippen molar-refractivity contribution in [2.75, 3.05) is 37.7 Å². The fourth-order valence-electron chi connectivity index (χ4n) is 3.22. The molecule has 1 N–H and O–H groups in total. The standard InChI is InChI=1S/C17H22N4O3/c1-13(2)21-16(23)15(22)20(17(21)24)12-18-8-10-19(11-9-18)14-6-4-3-5-7-14/h3-7,13H,8-12H2,1-2H3/p+1. The van der Waals surface area contributed by atoms with Crippen LogP contribution in [0, 0.1) is 0 Å². The molecule has 2 fully saturated rings. The molecule has 24 heavy (non-hydrogen) atoms. The molecule has 0 bridgehead atoms. The molecule has 7 nitrogen and oxygen atoms in total. The molecule has 7 heteroatoms. The summed E-state index contributed by atoms with van der Waals surface area (Å²) in [5.74, 6) is -1.41. The molecule has 3 rings (SSSR count). The molecular formula is C17H23N4O3+. The summed E-state index contributed by atoms with van der Waals surface area (Å²) in [6.45, 7) is 7.09. The van der Waals surface area contributed by atoms with Gasteiger partial charge in [-0.3, -0.25) is 14.5 Å². The minimum absolute atomic E-state index is 0.259. The van der Waals surface area contributed by atoms with Crippen molar-refractivity contribution in [1.82, 2.24) is 9.80 Å². The Labute approximate surface area is 141 Å². The third-order valence-electron chi connectivity index (χ3n) is 4.57. The summed E-state index contributed by atoms with van der Waals surface area (Å²) < 4.78 is 0. The topological polar surface area (TPSA) is 65.4 Å². The number of urea groups is 1. The molecule has 2 heterocycles. The molecule has 2 saturated heterocycles. The van der Waals surface area contributed by atoms with Crippen molar-refractivity contribution < 1.29 is 19.3 Å². The van der Waals surface area contributed by atoms with E-state index in [2.05, 4.69) is 17.0 Å². The van der Waals surface area contributed by atoms with Crippen molar-refractivity contribution in [1.29, 1.82) is 0 Å². The third kappa shape index (κ3) is 2.99. The summed E-state index contributed by atoms with van der Waals surface area (Å²) in [5.41, 5.74) is 1.19. The maximum atomic E-state index is 12.3. The Morgan fingerprint density at radius 1 is 1.00 bits per heavy atom. The van der Waals surface area contributed by atoms with Gasteiger partial charge in [0.25, 0.3) is 0 Å². The molecule has 0 saturated carbocycles. The zero-order chi connectivity index (χ0) is 17.3. The molecule has 0 atom stereocenters. The van der Waals surface area contributed by atoms with Crippen LogP contribution in [0.25, 0.3) is 0 Å². The van der Waals surface area contributed by atoms with Crippen LogP contribution >= 0.6 is 0 Å². The molecule has 0 spiro atoms. The number of nitrogens with one attached hydrogen (secondary N) is 1. The van der Waals surface area contributed by atoms with Crippen molar-refractivity contribution in [2.45, 2.75) is 19.9 Å². The highest BCUT2D eigenvalue weighted by molar-refractivity contribution is 6.44. The predicted octanol–water partition coefficient (Wildman–Crippen LogP) is -0.452. The number of amides is 4. The molecule has 2 aliphatic heterocycles. The Bertz CT molecular complexity index is 638. The number of para-hydroxylation sites is 1. The number of hydrogen-bond donors (Lipinski definition) is 1. The molecule has 0 unspecified atom stereocenters. The van der Waals surface area contributed by atoms with Crippen molar-refractivity contribution in [3.63, 3.8) is 0 Å². The Hall–Kier alpha value is -2.41. The van der Waals surface area contributed by atoms with E-state index in [0.717, 1.165) is 40.9 Å². The van der Waals surface area contributed by atoms with E-state index < -0.39 is 17.8 Å². The Balaban J connectivity index is 1.59. The summed E-state index contributed by atoms with van der Waals surface area (Å²) in [4.78, 5) is 41.9. The van der Waals surface area contributed by atoms with Crippen LogP contribution in [-0.4, -0.2) is 66.5 Å². The Morgan fingerprint density at radius 3 is 2.17 bits per heavy atom. The molecule has 2 aliphatic rings. The van der Waals surface area contributed by atoms with Gasteiger partial charge < -0.3 is 9.80 Å². The predicted molar refractivity (Wildman–Crippen MR) is 88.4 cm³/mol. The lowest BCUT2D eigenvalue weighted by atomic mass is 10.2. The average molecular weight is 331 g/mol.